The van der Waals surface area contributed by atoms with E-state index < -0.39 is 47.1 Å². The Balaban J connectivity index is 1.57. The van der Waals surface area contributed by atoms with Crippen LogP contribution in [-0.4, -0.2) is 53.3 Å². The van der Waals surface area contributed by atoms with E-state index >= 15 is 0 Å². The maximum atomic E-state index is 14.5. The third-order valence-corrected chi connectivity index (χ3v) is 7.21. The molecule has 0 saturated carbocycles. The molecule has 1 aliphatic heterocycles. The first-order valence-electron chi connectivity index (χ1n) is 12.3. The van der Waals surface area contributed by atoms with Gasteiger partial charge in [-0.15, -0.1) is 0 Å². The number of aromatic nitrogens is 2. The van der Waals surface area contributed by atoms with Crippen LogP contribution >= 0.6 is 0 Å². The molecule has 2 atom stereocenters. The molecule has 4 aromatic rings. The average Bonchev–Trinajstić information content (AvgIpc) is 3.52. The van der Waals surface area contributed by atoms with Crippen LogP contribution in [-0.2, 0) is 15.8 Å². The summed E-state index contributed by atoms with van der Waals surface area (Å²) in [4.78, 5) is 32.1. The van der Waals surface area contributed by atoms with Crippen LogP contribution in [0.3, 0.4) is 0 Å². The zero-order valence-electron chi connectivity index (χ0n) is 21.7. The third-order valence-electron chi connectivity index (χ3n) is 7.21. The van der Waals surface area contributed by atoms with Crippen LogP contribution in [0.2, 0.25) is 0 Å². The number of H-pyrrole nitrogens is 1. The van der Waals surface area contributed by atoms with Gasteiger partial charge < -0.3 is 30.6 Å². The molecule has 2 aromatic carbocycles. The van der Waals surface area contributed by atoms with Crippen LogP contribution in [0.25, 0.3) is 22.2 Å². The molecule has 0 saturated heterocycles. The number of hydrogen-bond donors (Lipinski definition) is 4. The zero-order valence-corrected chi connectivity index (χ0v) is 21.7. The molecule has 5 N–H and O–H groups in total. The molecular formula is C28H24F4N4O5. The number of rotatable bonds is 7. The van der Waals surface area contributed by atoms with E-state index in [4.69, 9.17) is 15.2 Å². The summed E-state index contributed by atoms with van der Waals surface area (Å²) in [6.07, 6.45) is -5.34. The number of fused-ring (bicyclic) bond motifs is 2. The number of primary amides is 1. The van der Waals surface area contributed by atoms with Crippen molar-refractivity contribution in [2.45, 2.75) is 24.1 Å². The molecule has 0 spiro atoms. The van der Waals surface area contributed by atoms with Crippen molar-refractivity contribution in [2.75, 3.05) is 20.3 Å². The number of ether oxygens (including phenoxy) is 2. The highest BCUT2D eigenvalue weighted by Gasteiger charge is 2.57. The van der Waals surface area contributed by atoms with Gasteiger partial charge in [0.25, 0.3) is 5.91 Å². The second-order valence-electron chi connectivity index (χ2n) is 9.90. The predicted molar refractivity (Wildman–Crippen MR) is 139 cm³/mol. The molecular weight excluding hydrogens is 548 g/mol. The number of halogens is 4. The van der Waals surface area contributed by atoms with E-state index in [-0.39, 0.29) is 34.9 Å². The summed E-state index contributed by atoms with van der Waals surface area (Å²) in [5, 5.41) is 13.9. The SMILES string of the molecule is COc1ccc2cc(C(=O)NCC(O)(c3cc4c(c(-c5ccc(F)cc5)n3)OC[C@]4(C)C(N)=O)C(F)(F)F)[nH]c2c1. The van der Waals surface area contributed by atoms with Crippen molar-refractivity contribution < 1.29 is 41.7 Å². The summed E-state index contributed by atoms with van der Waals surface area (Å²) >= 11 is 0. The average molecular weight is 573 g/mol. The van der Waals surface area contributed by atoms with Crippen molar-refractivity contribution in [1.29, 1.82) is 0 Å². The summed E-state index contributed by atoms with van der Waals surface area (Å²) in [6, 6.07) is 11.9. The summed E-state index contributed by atoms with van der Waals surface area (Å²) in [5.74, 6) is -1.92. The molecule has 214 valence electrons. The smallest absolute Gasteiger partial charge is 0.424 e. The van der Waals surface area contributed by atoms with Crippen LogP contribution in [0.15, 0.2) is 54.6 Å². The summed E-state index contributed by atoms with van der Waals surface area (Å²) in [7, 11) is 1.46. The lowest BCUT2D eigenvalue weighted by atomic mass is 9.81. The maximum absolute atomic E-state index is 14.5. The molecule has 2 aromatic heterocycles. The van der Waals surface area contributed by atoms with Gasteiger partial charge in [0.1, 0.15) is 40.7 Å². The van der Waals surface area contributed by atoms with Crippen LogP contribution in [0.1, 0.15) is 28.7 Å². The maximum Gasteiger partial charge on any atom is 0.424 e. The lowest BCUT2D eigenvalue weighted by molar-refractivity contribution is -0.265. The van der Waals surface area contributed by atoms with E-state index in [1.165, 1.54) is 32.2 Å². The Bertz CT molecular complexity index is 1670. The number of alkyl halides is 3. The fraction of sp³-hybridized carbons (Fsp3) is 0.250. The first-order chi connectivity index (χ1) is 19.3. The quantitative estimate of drug-likeness (QED) is 0.249. The topological polar surface area (TPSA) is 140 Å². The second kappa shape index (κ2) is 9.77. The number of nitrogens with zero attached hydrogens (tertiary/aromatic N) is 1. The molecule has 0 radical (unpaired) electrons. The Labute approximate surface area is 230 Å². The molecule has 1 unspecified atom stereocenters. The van der Waals surface area contributed by atoms with E-state index in [9.17, 15) is 32.3 Å². The highest BCUT2D eigenvalue weighted by Crippen LogP contribution is 2.47. The van der Waals surface area contributed by atoms with Crippen molar-refractivity contribution in [3.63, 3.8) is 0 Å². The Kier molecular flexibility index (Phi) is 6.65. The number of nitrogens with two attached hydrogens (primary N) is 1. The summed E-state index contributed by atoms with van der Waals surface area (Å²) < 4.78 is 68.0. The van der Waals surface area contributed by atoms with Gasteiger partial charge in [-0.25, -0.2) is 9.37 Å². The molecule has 3 heterocycles. The summed E-state index contributed by atoms with van der Waals surface area (Å²) in [6.45, 7) is -0.223. The second-order valence-corrected chi connectivity index (χ2v) is 9.90. The lowest BCUT2D eigenvalue weighted by Crippen LogP contribution is -2.52. The number of aromatic amines is 1. The Morgan fingerprint density at radius 1 is 1.17 bits per heavy atom. The van der Waals surface area contributed by atoms with Gasteiger partial charge in [-0.1, -0.05) is 0 Å². The molecule has 9 nitrogen and oxygen atoms in total. The molecule has 1 aliphatic rings. The lowest BCUT2D eigenvalue weighted by Gasteiger charge is -2.31. The van der Waals surface area contributed by atoms with Crippen molar-refractivity contribution in [2.24, 2.45) is 5.73 Å². The minimum atomic E-state index is -5.34. The van der Waals surface area contributed by atoms with E-state index in [1.807, 2.05) is 0 Å². The van der Waals surface area contributed by atoms with Gasteiger partial charge in [-0.05, 0) is 55.5 Å². The minimum absolute atomic E-state index is 0.0243. The number of hydrogen-bond acceptors (Lipinski definition) is 6. The Morgan fingerprint density at radius 3 is 2.51 bits per heavy atom. The van der Waals surface area contributed by atoms with Crippen LogP contribution < -0.4 is 20.5 Å². The van der Waals surface area contributed by atoms with Gasteiger partial charge in [0.15, 0.2) is 0 Å². The fourth-order valence-electron chi connectivity index (χ4n) is 4.60. The van der Waals surface area contributed by atoms with Crippen LogP contribution in [0.4, 0.5) is 17.6 Å². The van der Waals surface area contributed by atoms with E-state index in [1.54, 1.807) is 18.2 Å². The van der Waals surface area contributed by atoms with E-state index in [0.717, 1.165) is 18.2 Å². The van der Waals surface area contributed by atoms with E-state index in [2.05, 4.69) is 15.3 Å². The van der Waals surface area contributed by atoms with Gasteiger partial charge in [-0.3, -0.25) is 9.59 Å². The largest absolute Gasteiger partial charge is 0.497 e. The van der Waals surface area contributed by atoms with Crippen LogP contribution in [0, 0.1) is 5.82 Å². The van der Waals surface area contributed by atoms with Crippen molar-refractivity contribution in [3.8, 4) is 22.8 Å². The number of amides is 2. The number of benzene rings is 2. The first-order valence-corrected chi connectivity index (χ1v) is 12.3. The van der Waals surface area contributed by atoms with Gasteiger partial charge in [0, 0.05) is 28.1 Å². The van der Waals surface area contributed by atoms with Gasteiger partial charge in [0.05, 0.1) is 19.3 Å². The number of pyridine rings is 1. The molecule has 0 fully saturated rings. The zero-order chi connectivity index (χ0) is 29.7. The number of nitrogens with one attached hydrogen (secondary N) is 2. The molecule has 13 heteroatoms. The normalized spacial score (nSPS) is 17.9. The number of carbonyl (C=O) groups is 2. The molecule has 0 aliphatic carbocycles. The summed E-state index contributed by atoms with van der Waals surface area (Å²) in [5.41, 5.74) is -0.179. The highest BCUT2D eigenvalue weighted by molar-refractivity contribution is 5.98. The number of methoxy groups -OCH3 is 1. The van der Waals surface area contributed by atoms with Gasteiger partial charge >= 0.3 is 6.18 Å². The van der Waals surface area contributed by atoms with Crippen LogP contribution in [0.5, 0.6) is 11.5 Å². The first kappa shape index (κ1) is 27.9. The standard InChI is InChI=1S/C28H24F4N4O5/c1-26(25(33)38)13-41-23-18(26)11-21(36-22(23)14-3-6-16(29)7-4-14)27(39,28(30,31)32)12-34-24(37)20-9-15-5-8-17(40-2)10-19(15)35-20/h3-11,35,39H,12-13H2,1-2H3,(H2,33,38)(H,34,37)/t26-,27?/m0/s1. The molecule has 5 rings (SSSR count). The predicted octanol–water partition coefficient (Wildman–Crippen LogP) is 3.69. The van der Waals surface area contributed by atoms with E-state index in [0.29, 0.717) is 16.7 Å². The fourth-order valence-corrected chi connectivity index (χ4v) is 4.60. The van der Waals surface area contributed by atoms with Gasteiger partial charge in [0.2, 0.25) is 11.5 Å². The van der Waals surface area contributed by atoms with Gasteiger partial charge in [-0.2, -0.15) is 13.2 Å². The number of aliphatic hydroxyl groups is 1. The monoisotopic (exact) mass is 572 g/mol. The minimum Gasteiger partial charge on any atom is -0.497 e. The Hall–Kier alpha value is -4.65. The Morgan fingerprint density at radius 2 is 1.88 bits per heavy atom. The van der Waals surface area contributed by atoms with Crippen molar-refractivity contribution in [3.05, 3.63) is 77.4 Å². The highest BCUT2D eigenvalue weighted by atomic mass is 19.4. The number of carbonyl (C=O) groups excluding carboxylic acids is 2. The van der Waals surface area contributed by atoms with Crippen molar-refractivity contribution in [1.82, 2.24) is 15.3 Å². The van der Waals surface area contributed by atoms with Crippen molar-refractivity contribution >= 4 is 22.7 Å². The third kappa shape index (κ3) is 4.71. The molecule has 0 bridgehead atoms. The molecule has 2 amide bonds. The molecule has 41 heavy (non-hydrogen) atoms.